The lowest BCUT2D eigenvalue weighted by molar-refractivity contribution is -0.117. The SMILES string of the molecule is Cc1ccccc1[C@H](C)NC(=O)/C(C#N)=C/c1cccc(=O)[nH]1. The second-order valence-electron chi connectivity index (χ2n) is 5.19. The lowest BCUT2D eigenvalue weighted by Gasteiger charge is -2.16. The Hall–Kier alpha value is -3.13. The zero-order valence-corrected chi connectivity index (χ0v) is 13.0. The minimum absolute atomic E-state index is 0.0627. The largest absolute Gasteiger partial charge is 0.345 e. The van der Waals surface area contributed by atoms with Gasteiger partial charge < -0.3 is 10.3 Å². The van der Waals surface area contributed by atoms with Crippen molar-refractivity contribution in [1.29, 1.82) is 5.26 Å². The molecule has 1 atom stereocenters. The molecule has 0 aliphatic heterocycles. The third kappa shape index (κ3) is 4.17. The van der Waals surface area contributed by atoms with Crippen LogP contribution < -0.4 is 10.9 Å². The van der Waals surface area contributed by atoms with Crippen molar-refractivity contribution in [2.24, 2.45) is 0 Å². The first kappa shape index (κ1) is 16.2. The Bertz CT molecular complexity index is 844. The number of aromatic amines is 1. The van der Waals surface area contributed by atoms with Gasteiger partial charge >= 0.3 is 0 Å². The molecule has 1 amide bonds. The smallest absolute Gasteiger partial charge is 0.262 e. The molecule has 0 unspecified atom stereocenters. The van der Waals surface area contributed by atoms with Crippen molar-refractivity contribution in [2.75, 3.05) is 0 Å². The van der Waals surface area contributed by atoms with Gasteiger partial charge in [-0.1, -0.05) is 30.3 Å². The molecule has 0 bridgehead atoms. The van der Waals surface area contributed by atoms with Crippen molar-refractivity contribution >= 4 is 12.0 Å². The molecule has 0 spiro atoms. The van der Waals surface area contributed by atoms with Crippen LogP contribution in [-0.2, 0) is 4.79 Å². The molecule has 0 radical (unpaired) electrons. The lowest BCUT2D eigenvalue weighted by Crippen LogP contribution is -2.28. The minimum Gasteiger partial charge on any atom is -0.345 e. The number of nitrogens with one attached hydrogen (secondary N) is 2. The highest BCUT2D eigenvalue weighted by atomic mass is 16.1. The van der Waals surface area contributed by atoms with E-state index < -0.39 is 5.91 Å². The van der Waals surface area contributed by atoms with Crippen molar-refractivity contribution in [3.05, 3.63) is 75.2 Å². The molecule has 5 heteroatoms. The van der Waals surface area contributed by atoms with Crippen molar-refractivity contribution < 1.29 is 4.79 Å². The number of nitrogens with zero attached hydrogens (tertiary/aromatic N) is 1. The van der Waals surface area contributed by atoms with E-state index in [1.54, 1.807) is 12.1 Å². The van der Waals surface area contributed by atoms with Gasteiger partial charge in [0.25, 0.3) is 5.91 Å². The molecule has 0 saturated carbocycles. The molecule has 1 aromatic heterocycles. The lowest BCUT2D eigenvalue weighted by atomic mass is 10.0. The Morgan fingerprint density at radius 2 is 2.00 bits per heavy atom. The van der Waals surface area contributed by atoms with E-state index in [0.717, 1.165) is 11.1 Å². The van der Waals surface area contributed by atoms with Crippen LogP contribution >= 0.6 is 0 Å². The fourth-order valence-corrected chi connectivity index (χ4v) is 2.28. The number of rotatable bonds is 4. The summed E-state index contributed by atoms with van der Waals surface area (Å²) in [6.07, 6.45) is 1.36. The van der Waals surface area contributed by atoms with Crippen LogP contribution in [0.2, 0.25) is 0 Å². The van der Waals surface area contributed by atoms with Crippen LogP contribution in [0, 0.1) is 18.3 Å². The van der Waals surface area contributed by atoms with E-state index >= 15 is 0 Å². The molecule has 2 rings (SSSR count). The van der Waals surface area contributed by atoms with Gasteiger partial charge in [0.1, 0.15) is 11.6 Å². The van der Waals surface area contributed by atoms with E-state index in [-0.39, 0.29) is 17.2 Å². The number of hydrogen-bond acceptors (Lipinski definition) is 3. The molecular weight excluding hydrogens is 290 g/mol. The van der Waals surface area contributed by atoms with Crippen molar-refractivity contribution in [1.82, 2.24) is 10.3 Å². The number of carbonyl (C=O) groups is 1. The number of benzene rings is 1. The van der Waals surface area contributed by atoms with Crippen LogP contribution in [0.4, 0.5) is 0 Å². The molecule has 1 aromatic carbocycles. The predicted octanol–water partition coefficient (Wildman–Crippen LogP) is 2.47. The number of hydrogen-bond donors (Lipinski definition) is 2. The number of aryl methyl sites for hydroxylation is 1. The second-order valence-corrected chi connectivity index (χ2v) is 5.19. The van der Waals surface area contributed by atoms with E-state index in [0.29, 0.717) is 5.69 Å². The predicted molar refractivity (Wildman–Crippen MR) is 88.4 cm³/mol. The van der Waals surface area contributed by atoms with Gasteiger partial charge in [0.2, 0.25) is 5.56 Å². The van der Waals surface area contributed by atoms with Gasteiger partial charge in [0, 0.05) is 11.8 Å². The van der Waals surface area contributed by atoms with E-state index in [1.807, 2.05) is 44.2 Å². The standard InChI is InChI=1S/C18H17N3O2/c1-12-6-3-4-8-16(12)13(2)20-18(23)14(11-19)10-15-7-5-9-17(22)21-15/h3-10,13H,1-2H3,(H,20,23)(H,21,22)/b14-10+/t13-/m0/s1. The first-order valence-corrected chi connectivity index (χ1v) is 7.19. The Balaban J connectivity index is 2.20. The number of H-pyrrole nitrogens is 1. The first-order valence-electron chi connectivity index (χ1n) is 7.19. The van der Waals surface area contributed by atoms with Gasteiger partial charge in [0.15, 0.2) is 0 Å². The highest BCUT2D eigenvalue weighted by Gasteiger charge is 2.15. The number of carbonyl (C=O) groups excluding carboxylic acids is 1. The Morgan fingerprint density at radius 1 is 1.26 bits per heavy atom. The maximum Gasteiger partial charge on any atom is 0.262 e. The third-order valence-electron chi connectivity index (χ3n) is 3.46. The van der Waals surface area contributed by atoms with Gasteiger partial charge in [-0.2, -0.15) is 5.26 Å². The molecule has 2 aromatic rings. The minimum atomic E-state index is -0.479. The maximum absolute atomic E-state index is 12.3. The van der Waals surface area contributed by atoms with Gasteiger partial charge in [-0.05, 0) is 37.1 Å². The van der Waals surface area contributed by atoms with Crippen LogP contribution in [0.3, 0.4) is 0 Å². The summed E-state index contributed by atoms with van der Waals surface area (Å²) in [5.74, 6) is -0.479. The molecule has 23 heavy (non-hydrogen) atoms. The molecule has 0 aliphatic carbocycles. The number of amides is 1. The summed E-state index contributed by atoms with van der Waals surface area (Å²) in [5, 5.41) is 12.0. The van der Waals surface area contributed by atoms with Crippen LogP contribution in [0.1, 0.15) is 29.8 Å². The Kier molecular flexibility index (Phi) is 5.11. The summed E-state index contributed by atoms with van der Waals surface area (Å²) in [5.41, 5.74) is 2.12. The quantitative estimate of drug-likeness (QED) is 0.672. The summed E-state index contributed by atoms with van der Waals surface area (Å²) in [4.78, 5) is 26.1. The monoisotopic (exact) mass is 307 g/mol. The molecule has 2 N–H and O–H groups in total. The topological polar surface area (TPSA) is 85.8 Å². The molecule has 0 saturated heterocycles. The fraction of sp³-hybridized carbons (Fsp3) is 0.167. The molecule has 5 nitrogen and oxygen atoms in total. The summed E-state index contributed by atoms with van der Waals surface area (Å²) in [6.45, 7) is 3.83. The van der Waals surface area contributed by atoms with Crippen LogP contribution in [0.5, 0.6) is 0 Å². The van der Waals surface area contributed by atoms with Gasteiger partial charge in [0.05, 0.1) is 6.04 Å². The molecule has 0 fully saturated rings. The van der Waals surface area contributed by atoms with Crippen LogP contribution in [0.15, 0.2) is 52.8 Å². The Labute approximate surface area is 134 Å². The van der Waals surface area contributed by atoms with E-state index in [1.165, 1.54) is 12.1 Å². The summed E-state index contributed by atoms with van der Waals surface area (Å²) in [6, 6.07) is 13.9. The van der Waals surface area contributed by atoms with Crippen molar-refractivity contribution in [2.45, 2.75) is 19.9 Å². The van der Waals surface area contributed by atoms with Gasteiger partial charge in [-0.25, -0.2) is 0 Å². The highest BCUT2D eigenvalue weighted by Crippen LogP contribution is 2.17. The summed E-state index contributed by atoms with van der Waals surface area (Å²) >= 11 is 0. The fourth-order valence-electron chi connectivity index (χ4n) is 2.28. The highest BCUT2D eigenvalue weighted by molar-refractivity contribution is 6.01. The third-order valence-corrected chi connectivity index (χ3v) is 3.46. The zero-order chi connectivity index (χ0) is 16.8. The zero-order valence-electron chi connectivity index (χ0n) is 13.0. The molecule has 116 valence electrons. The Morgan fingerprint density at radius 3 is 2.65 bits per heavy atom. The van der Waals surface area contributed by atoms with E-state index in [4.69, 9.17) is 0 Å². The summed E-state index contributed by atoms with van der Waals surface area (Å²) in [7, 11) is 0. The first-order chi connectivity index (χ1) is 11.0. The second kappa shape index (κ2) is 7.23. The molecule has 1 heterocycles. The van der Waals surface area contributed by atoms with E-state index in [9.17, 15) is 14.9 Å². The average Bonchev–Trinajstić information content (AvgIpc) is 2.52. The normalized spacial score (nSPS) is 12.3. The number of aromatic nitrogens is 1. The van der Waals surface area contributed by atoms with Crippen LogP contribution in [-0.4, -0.2) is 10.9 Å². The van der Waals surface area contributed by atoms with Gasteiger partial charge in [-0.15, -0.1) is 0 Å². The van der Waals surface area contributed by atoms with E-state index in [2.05, 4.69) is 10.3 Å². The summed E-state index contributed by atoms with van der Waals surface area (Å²) < 4.78 is 0. The van der Waals surface area contributed by atoms with Crippen LogP contribution in [0.25, 0.3) is 6.08 Å². The molecular formula is C18H17N3O2. The van der Waals surface area contributed by atoms with Crippen molar-refractivity contribution in [3.63, 3.8) is 0 Å². The van der Waals surface area contributed by atoms with Crippen molar-refractivity contribution in [3.8, 4) is 6.07 Å². The average molecular weight is 307 g/mol. The number of nitriles is 1. The van der Waals surface area contributed by atoms with Gasteiger partial charge in [-0.3, -0.25) is 9.59 Å². The molecule has 0 aliphatic rings. The number of pyridine rings is 1. The maximum atomic E-state index is 12.3.